The van der Waals surface area contributed by atoms with E-state index in [1.165, 1.54) is 0 Å². The van der Waals surface area contributed by atoms with Crippen LogP contribution in [-0.2, 0) is 4.79 Å². The number of aromatic hydroxyl groups is 1. The molecular formula is C17H16O5. The van der Waals surface area contributed by atoms with Gasteiger partial charge in [0.25, 0.3) is 0 Å². The third kappa shape index (κ3) is 2.45. The predicted octanol–water partition coefficient (Wildman–Crippen LogP) is 2.85. The highest BCUT2D eigenvalue weighted by molar-refractivity contribution is 5.79. The first-order valence-corrected chi connectivity index (χ1v) is 6.88. The highest BCUT2D eigenvalue weighted by atomic mass is 16.5. The number of rotatable bonds is 3. The van der Waals surface area contributed by atoms with Gasteiger partial charge in [-0.1, -0.05) is 12.1 Å². The van der Waals surface area contributed by atoms with Crippen LogP contribution in [0.15, 0.2) is 36.4 Å². The zero-order valence-corrected chi connectivity index (χ0v) is 12.3. The number of hydrogen-bond donors (Lipinski definition) is 1. The van der Waals surface area contributed by atoms with Crippen molar-refractivity contribution in [1.29, 1.82) is 0 Å². The molecule has 1 aliphatic rings. The summed E-state index contributed by atoms with van der Waals surface area (Å²) in [6.45, 7) is 0. The number of phenols is 1. The number of esters is 1. The Labute approximate surface area is 128 Å². The smallest absolute Gasteiger partial charge is 0.312 e. The number of fused-ring (bicyclic) bond motifs is 1. The van der Waals surface area contributed by atoms with Crippen molar-refractivity contribution in [2.45, 2.75) is 12.3 Å². The molecule has 0 saturated heterocycles. The first-order valence-electron chi connectivity index (χ1n) is 6.88. The molecule has 0 aromatic heterocycles. The molecule has 1 N–H and O–H groups in total. The van der Waals surface area contributed by atoms with Crippen molar-refractivity contribution in [3.05, 3.63) is 47.5 Å². The van der Waals surface area contributed by atoms with Crippen LogP contribution in [0, 0.1) is 0 Å². The lowest BCUT2D eigenvalue weighted by Gasteiger charge is -2.27. The van der Waals surface area contributed by atoms with Crippen LogP contribution >= 0.6 is 0 Å². The monoisotopic (exact) mass is 300 g/mol. The van der Waals surface area contributed by atoms with E-state index in [4.69, 9.17) is 14.2 Å². The molecule has 0 amide bonds. The Morgan fingerprint density at radius 1 is 1.14 bits per heavy atom. The van der Waals surface area contributed by atoms with Crippen LogP contribution in [0.4, 0.5) is 0 Å². The maximum Gasteiger partial charge on any atom is 0.312 e. The van der Waals surface area contributed by atoms with E-state index in [9.17, 15) is 9.90 Å². The van der Waals surface area contributed by atoms with Gasteiger partial charge in [0.05, 0.1) is 20.6 Å². The van der Waals surface area contributed by atoms with Gasteiger partial charge in [-0.15, -0.1) is 0 Å². The molecule has 0 saturated carbocycles. The van der Waals surface area contributed by atoms with Crippen LogP contribution in [0.5, 0.6) is 23.0 Å². The van der Waals surface area contributed by atoms with E-state index in [2.05, 4.69) is 0 Å². The van der Waals surface area contributed by atoms with Crippen molar-refractivity contribution in [3.8, 4) is 23.0 Å². The number of phenolic OH excluding ortho intramolecular Hbond substituents is 1. The molecule has 1 atom stereocenters. The molecule has 0 bridgehead atoms. The SMILES string of the molecule is COc1cc(OC)c2c(c1)OC(=O)C[C@H]2c1ccc(O)cc1. The summed E-state index contributed by atoms with van der Waals surface area (Å²) in [4.78, 5) is 11.9. The largest absolute Gasteiger partial charge is 0.508 e. The lowest BCUT2D eigenvalue weighted by molar-refractivity contribution is -0.135. The quantitative estimate of drug-likeness (QED) is 0.697. The molecular weight excluding hydrogens is 284 g/mol. The third-order valence-electron chi connectivity index (χ3n) is 3.77. The van der Waals surface area contributed by atoms with E-state index in [0.29, 0.717) is 17.2 Å². The maximum absolute atomic E-state index is 11.9. The molecule has 22 heavy (non-hydrogen) atoms. The molecule has 1 aliphatic heterocycles. The van der Waals surface area contributed by atoms with Crippen molar-refractivity contribution in [2.24, 2.45) is 0 Å². The lowest BCUT2D eigenvalue weighted by atomic mass is 9.85. The summed E-state index contributed by atoms with van der Waals surface area (Å²) < 4.78 is 16.0. The van der Waals surface area contributed by atoms with E-state index in [1.54, 1.807) is 50.6 Å². The van der Waals surface area contributed by atoms with Gasteiger partial charge in [-0.2, -0.15) is 0 Å². The highest BCUT2D eigenvalue weighted by Crippen LogP contribution is 2.46. The van der Waals surface area contributed by atoms with Crippen molar-refractivity contribution < 1.29 is 24.1 Å². The molecule has 114 valence electrons. The number of carbonyl (C=O) groups excluding carboxylic acids is 1. The Balaban J connectivity index is 2.15. The van der Waals surface area contributed by atoms with E-state index in [1.807, 2.05) is 0 Å². The van der Waals surface area contributed by atoms with Crippen LogP contribution < -0.4 is 14.2 Å². The lowest BCUT2D eigenvalue weighted by Crippen LogP contribution is -2.21. The van der Waals surface area contributed by atoms with Crippen molar-refractivity contribution in [1.82, 2.24) is 0 Å². The van der Waals surface area contributed by atoms with Gasteiger partial charge in [0.15, 0.2) is 0 Å². The molecule has 0 spiro atoms. The van der Waals surface area contributed by atoms with Crippen molar-refractivity contribution in [3.63, 3.8) is 0 Å². The number of ether oxygens (including phenoxy) is 3. The van der Waals surface area contributed by atoms with Crippen LogP contribution in [0.25, 0.3) is 0 Å². The fraction of sp³-hybridized carbons (Fsp3) is 0.235. The minimum absolute atomic E-state index is 0.183. The van der Waals surface area contributed by atoms with Gasteiger partial charge in [0, 0.05) is 23.6 Å². The molecule has 5 nitrogen and oxygen atoms in total. The number of carbonyl (C=O) groups is 1. The average molecular weight is 300 g/mol. The minimum atomic E-state index is -0.305. The van der Waals surface area contributed by atoms with Gasteiger partial charge < -0.3 is 19.3 Å². The van der Waals surface area contributed by atoms with Gasteiger partial charge in [0.2, 0.25) is 0 Å². The summed E-state index contributed by atoms with van der Waals surface area (Å²) >= 11 is 0. The van der Waals surface area contributed by atoms with E-state index < -0.39 is 0 Å². The molecule has 5 heteroatoms. The first kappa shape index (κ1) is 14.3. The molecule has 1 heterocycles. The van der Waals surface area contributed by atoms with Crippen LogP contribution in [0.1, 0.15) is 23.5 Å². The zero-order valence-electron chi connectivity index (χ0n) is 12.3. The maximum atomic E-state index is 11.9. The normalized spacial score (nSPS) is 16.6. The topological polar surface area (TPSA) is 65.0 Å². The van der Waals surface area contributed by atoms with E-state index in [-0.39, 0.29) is 24.1 Å². The van der Waals surface area contributed by atoms with Gasteiger partial charge in [-0.3, -0.25) is 4.79 Å². The third-order valence-corrected chi connectivity index (χ3v) is 3.77. The van der Waals surface area contributed by atoms with Crippen molar-refractivity contribution in [2.75, 3.05) is 14.2 Å². The van der Waals surface area contributed by atoms with Gasteiger partial charge >= 0.3 is 5.97 Å². The number of benzene rings is 2. The fourth-order valence-electron chi connectivity index (χ4n) is 2.72. The van der Waals surface area contributed by atoms with Gasteiger partial charge in [-0.25, -0.2) is 0 Å². The summed E-state index contributed by atoms with van der Waals surface area (Å²) in [6.07, 6.45) is 0.223. The second kappa shape index (κ2) is 5.60. The summed E-state index contributed by atoms with van der Waals surface area (Å²) in [5.74, 6) is 1.32. The molecule has 0 radical (unpaired) electrons. The molecule has 2 aromatic rings. The minimum Gasteiger partial charge on any atom is -0.508 e. The second-order valence-electron chi connectivity index (χ2n) is 5.06. The predicted molar refractivity (Wildman–Crippen MR) is 79.7 cm³/mol. The summed E-state index contributed by atoms with van der Waals surface area (Å²) in [6, 6.07) is 10.3. The standard InChI is InChI=1S/C17H16O5/c1-20-12-7-14(21-2)17-13(9-16(19)22-15(17)8-12)10-3-5-11(18)6-4-10/h3-8,13,18H,9H2,1-2H3/t13-/m0/s1. The van der Waals surface area contributed by atoms with Gasteiger partial charge in [-0.05, 0) is 17.7 Å². The molecule has 2 aromatic carbocycles. The number of hydrogen-bond acceptors (Lipinski definition) is 5. The fourth-order valence-corrected chi connectivity index (χ4v) is 2.72. The van der Waals surface area contributed by atoms with Crippen LogP contribution in [-0.4, -0.2) is 25.3 Å². The average Bonchev–Trinajstić information content (AvgIpc) is 2.53. The molecule has 0 unspecified atom stereocenters. The Kier molecular flexibility index (Phi) is 3.63. The highest BCUT2D eigenvalue weighted by Gasteiger charge is 2.32. The summed E-state index contributed by atoms with van der Waals surface area (Å²) in [7, 11) is 3.11. The van der Waals surface area contributed by atoms with Crippen LogP contribution in [0.3, 0.4) is 0 Å². The zero-order chi connectivity index (χ0) is 15.7. The number of methoxy groups -OCH3 is 2. The Morgan fingerprint density at radius 3 is 2.50 bits per heavy atom. The van der Waals surface area contributed by atoms with Crippen LogP contribution in [0.2, 0.25) is 0 Å². The van der Waals surface area contributed by atoms with E-state index >= 15 is 0 Å². The van der Waals surface area contributed by atoms with E-state index in [0.717, 1.165) is 11.1 Å². The van der Waals surface area contributed by atoms with Crippen molar-refractivity contribution >= 4 is 5.97 Å². The molecule has 0 aliphatic carbocycles. The first-order chi connectivity index (χ1) is 10.6. The Hall–Kier alpha value is -2.69. The molecule has 0 fully saturated rings. The summed E-state index contributed by atoms with van der Waals surface area (Å²) in [5, 5.41) is 9.44. The Bertz CT molecular complexity index is 706. The Morgan fingerprint density at radius 2 is 1.86 bits per heavy atom. The van der Waals surface area contributed by atoms with Gasteiger partial charge in [0.1, 0.15) is 23.0 Å². The summed E-state index contributed by atoms with van der Waals surface area (Å²) in [5.41, 5.74) is 1.73. The second-order valence-corrected chi connectivity index (χ2v) is 5.06. The molecule has 3 rings (SSSR count).